The molecule has 2 aliphatic rings. The Hall–Kier alpha value is 1.65. The fourth-order valence-corrected chi connectivity index (χ4v) is 101. The van der Waals surface area contributed by atoms with Gasteiger partial charge in [0.1, 0.15) is 0 Å². The number of hydrogen-bond acceptors (Lipinski definition) is 0. The zero-order valence-corrected chi connectivity index (χ0v) is 26.0. The van der Waals surface area contributed by atoms with Crippen LogP contribution in [0.3, 0.4) is 0 Å². The summed E-state index contributed by atoms with van der Waals surface area (Å²) < 4.78 is 18.7. The second-order valence-electron chi connectivity index (χ2n) is 12.0. The second-order valence-corrected chi connectivity index (χ2v) is 58.5. The van der Waals surface area contributed by atoms with Crippen LogP contribution in [0.5, 0.6) is 0 Å². The van der Waals surface area contributed by atoms with E-state index in [1.54, 1.807) is 0 Å². The Morgan fingerprint density at radius 1 is 0.875 bits per heavy atom. The molecule has 0 atom stereocenters. The summed E-state index contributed by atoms with van der Waals surface area (Å²) in [4.78, 5) is 0. The van der Waals surface area contributed by atoms with E-state index in [2.05, 4.69) is 53.8 Å². The van der Waals surface area contributed by atoms with Gasteiger partial charge in [-0.2, -0.15) is 0 Å². The van der Waals surface area contributed by atoms with Crippen molar-refractivity contribution in [3.8, 4) is 0 Å². The average Bonchev–Trinajstić information content (AvgIpc) is 2.52. The Bertz CT molecular complexity index is 448. The molecule has 0 aromatic carbocycles. The molecule has 0 aromatic heterocycles. The monoisotopic (exact) mass is 722 g/mol. The normalized spacial score (nSPS) is 26.4. The first-order valence-corrected chi connectivity index (χ1v) is 37.8. The predicted molar refractivity (Wildman–Crippen MR) is 119 cm³/mol. The minimum atomic E-state index is -2.20. The quantitative estimate of drug-likeness (QED) is 0.266. The van der Waals surface area contributed by atoms with Crippen LogP contribution in [0.15, 0.2) is 6.16 Å². The molecule has 0 saturated carbocycles. The summed E-state index contributed by atoms with van der Waals surface area (Å²) in [7, 11) is 0. The van der Waals surface area contributed by atoms with Crippen molar-refractivity contribution in [2.75, 3.05) is 0 Å². The van der Waals surface area contributed by atoms with Gasteiger partial charge in [0.15, 0.2) is 0 Å². The molecule has 2 aliphatic heterocycles. The van der Waals surface area contributed by atoms with Crippen molar-refractivity contribution in [1.82, 2.24) is 0 Å². The van der Waals surface area contributed by atoms with E-state index in [9.17, 15) is 0 Å². The van der Waals surface area contributed by atoms with Crippen molar-refractivity contribution in [3.05, 3.63) is 6.16 Å². The molecule has 0 unspecified atom stereocenters. The van der Waals surface area contributed by atoms with Crippen LogP contribution in [0.1, 0.15) is 59.3 Å². The first-order valence-electron chi connectivity index (χ1n) is 10.6. The Kier molecular flexibility index (Phi) is 7.27. The predicted octanol–water partition coefficient (Wildman–Crippen LogP) is 7.47. The van der Waals surface area contributed by atoms with E-state index in [0.29, 0.717) is 5.41 Å². The van der Waals surface area contributed by atoms with Crippen molar-refractivity contribution in [3.63, 3.8) is 0 Å². The van der Waals surface area contributed by atoms with E-state index in [-0.39, 0.29) is 0 Å². The van der Waals surface area contributed by atoms with Crippen molar-refractivity contribution in [2.45, 2.75) is 98.3 Å². The fourth-order valence-electron chi connectivity index (χ4n) is 6.13. The van der Waals surface area contributed by atoms with Gasteiger partial charge in [-0.3, -0.25) is 0 Å². The molecule has 0 N–H and O–H groups in total. The zero-order chi connectivity index (χ0) is 18.3. The average molecular weight is 721 g/mol. The van der Waals surface area contributed by atoms with E-state index >= 15 is 0 Å². The summed E-state index contributed by atoms with van der Waals surface area (Å²) in [6.07, 6.45) is 10.5. The molecule has 2 bridgehead atoms. The van der Waals surface area contributed by atoms with Gasteiger partial charge in [0.05, 0.1) is 0 Å². The summed E-state index contributed by atoms with van der Waals surface area (Å²) in [5.74, 6) is 1.98. The van der Waals surface area contributed by atoms with E-state index < -0.39 is 42.3 Å². The summed E-state index contributed by atoms with van der Waals surface area (Å²) in [6, 6.07) is 0. The van der Waals surface area contributed by atoms with Crippen LogP contribution in [-0.2, 0) is 0 Å². The topological polar surface area (TPSA) is 0 Å². The molecule has 2 heterocycles. The molecule has 0 nitrogen and oxygen atoms in total. The Labute approximate surface area is 163 Å². The van der Waals surface area contributed by atoms with Gasteiger partial charge in [-0.15, -0.1) is 0 Å². The molecule has 24 heavy (non-hydrogen) atoms. The van der Waals surface area contributed by atoms with Gasteiger partial charge < -0.3 is 0 Å². The first-order chi connectivity index (χ1) is 10.8. The molecule has 0 radical (unpaired) electrons. The summed E-state index contributed by atoms with van der Waals surface area (Å²) in [5, 5.41) is 0. The van der Waals surface area contributed by atoms with Gasteiger partial charge in [-0.1, -0.05) is 0 Å². The van der Waals surface area contributed by atoms with E-state index in [4.69, 9.17) is 0 Å². The maximum absolute atomic E-state index is 2.74. The maximum atomic E-state index is 2.74. The third kappa shape index (κ3) is 5.57. The number of rotatable bonds is 3. The molecule has 0 spiro atoms. The summed E-state index contributed by atoms with van der Waals surface area (Å²) >= 11 is -4.39. The fraction of sp³-hybridized carbons (Fsp3) is 0.905. The third-order valence-corrected chi connectivity index (χ3v) is 71.4. The van der Waals surface area contributed by atoms with Crippen LogP contribution < -0.4 is 0 Å². The molecular formula is C21H43BPb2. The SMILES string of the molecule is CC(C)(C)CB1C(=[C]([Pb]([CH3])([CH3])[CH3])[Pb]([CH3])([CH3])[CH3])C2CCCC1CCC2. The van der Waals surface area contributed by atoms with Crippen LogP contribution in [0.25, 0.3) is 0 Å². The van der Waals surface area contributed by atoms with Gasteiger partial charge >= 0.3 is 165 Å². The molecular weight excluding hydrogens is 677 g/mol. The van der Waals surface area contributed by atoms with Gasteiger partial charge in [-0.25, -0.2) is 0 Å². The van der Waals surface area contributed by atoms with E-state index in [0.717, 1.165) is 18.4 Å². The van der Waals surface area contributed by atoms with Crippen LogP contribution in [-0.4, -0.2) is 49.1 Å². The van der Waals surface area contributed by atoms with Gasteiger partial charge in [-0.05, 0) is 0 Å². The van der Waals surface area contributed by atoms with Crippen LogP contribution in [0.4, 0.5) is 0 Å². The van der Waals surface area contributed by atoms with E-state index in [1.807, 2.05) is 0 Å². The Morgan fingerprint density at radius 2 is 1.33 bits per heavy atom. The summed E-state index contributed by atoms with van der Waals surface area (Å²) in [5.41, 5.74) is 2.59. The molecule has 2 rings (SSSR count). The van der Waals surface area contributed by atoms with Gasteiger partial charge in [0.2, 0.25) is 0 Å². The second kappa shape index (κ2) is 7.95. The summed E-state index contributed by atoms with van der Waals surface area (Å²) in [6.45, 7) is 8.40. The van der Waals surface area contributed by atoms with Gasteiger partial charge in [0, 0.05) is 0 Å². The number of allylic oxidation sites excluding steroid dienone is 1. The van der Waals surface area contributed by atoms with Crippen molar-refractivity contribution >= 4 is 49.1 Å². The Morgan fingerprint density at radius 3 is 1.71 bits per heavy atom. The molecule has 0 aromatic rings. The molecule has 138 valence electrons. The van der Waals surface area contributed by atoms with E-state index in [1.165, 1.54) is 44.8 Å². The number of fused-ring (bicyclic) bond motifs is 3. The third-order valence-electron chi connectivity index (χ3n) is 6.28. The van der Waals surface area contributed by atoms with Crippen molar-refractivity contribution in [2.24, 2.45) is 11.3 Å². The molecule has 0 aliphatic carbocycles. The van der Waals surface area contributed by atoms with Crippen molar-refractivity contribution < 1.29 is 0 Å². The zero-order valence-electron chi connectivity index (χ0n) is 18.2. The van der Waals surface area contributed by atoms with Gasteiger partial charge in [0.25, 0.3) is 0 Å². The Balaban J connectivity index is 2.68. The minimum absolute atomic E-state index is 0.474. The van der Waals surface area contributed by atoms with Crippen molar-refractivity contribution in [1.29, 1.82) is 0 Å². The van der Waals surface area contributed by atoms with Crippen LogP contribution in [0.2, 0.25) is 39.0 Å². The molecule has 0 amide bonds. The number of hydrogen-bond donors (Lipinski definition) is 0. The van der Waals surface area contributed by atoms with Crippen LogP contribution >= 0.6 is 0 Å². The molecule has 2 fully saturated rings. The standard InChI is InChI=1S/C15H25B.6CH3.2Pb/c1-12-13-7-5-9-14(10-6-8-13)16(12)11-15(2,3)4;;;;;;;;/h13-14H,5-11H2,2-4H3;6*1H3;;. The van der Waals surface area contributed by atoms with Crippen LogP contribution in [0, 0.1) is 11.3 Å². The molecule has 2 saturated heterocycles. The first kappa shape index (κ1) is 21.9. The molecule has 3 heteroatoms.